The molecule has 5 nitrogen and oxygen atoms in total. The Labute approximate surface area is 122 Å². The zero-order valence-electron chi connectivity index (χ0n) is 13.0. The largest absolute Gasteiger partial charge is 0.463 e. The first-order valence-electron chi connectivity index (χ1n) is 7.53. The highest BCUT2D eigenvalue weighted by molar-refractivity contribution is 5.77. The summed E-state index contributed by atoms with van der Waals surface area (Å²) >= 11 is 0. The van der Waals surface area contributed by atoms with E-state index in [2.05, 4.69) is 6.92 Å². The highest BCUT2D eigenvalue weighted by Gasteiger charge is 2.12. The lowest BCUT2D eigenvalue weighted by Gasteiger charge is -2.12. The van der Waals surface area contributed by atoms with Gasteiger partial charge >= 0.3 is 11.9 Å². The van der Waals surface area contributed by atoms with Gasteiger partial charge < -0.3 is 14.2 Å². The van der Waals surface area contributed by atoms with Crippen LogP contribution in [0, 0.1) is 0 Å². The number of hydrogen-bond donors (Lipinski definition) is 0. The molecule has 0 fully saturated rings. The minimum absolute atomic E-state index is 0.0621. The number of ether oxygens (including phenoxy) is 3. The molecular formula is C15H28O5. The summed E-state index contributed by atoms with van der Waals surface area (Å²) in [7, 11) is 0. The molecule has 0 aromatic carbocycles. The SMILES string of the molecule is CCCCCC(C)OC(=O)CCC(=O)OCCOCC. The molecule has 0 heterocycles. The first-order valence-corrected chi connectivity index (χ1v) is 7.53. The van der Waals surface area contributed by atoms with Crippen LogP contribution in [0.5, 0.6) is 0 Å². The maximum atomic E-state index is 11.5. The summed E-state index contributed by atoms with van der Waals surface area (Å²) in [6, 6.07) is 0. The van der Waals surface area contributed by atoms with Crippen molar-refractivity contribution in [2.45, 2.75) is 65.4 Å². The minimum Gasteiger partial charge on any atom is -0.463 e. The van der Waals surface area contributed by atoms with Gasteiger partial charge in [-0.3, -0.25) is 9.59 Å². The molecule has 0 rings (SSSR count). The molecule has 0 aliphatic carbocycles. The molecule has 0 saturated carbocycles. The monoisotopic (exact) mass is 288 g/mol. The van der Waals surface area contributed by atoms with Crippen LogP contribution in [0.4, 0.5) is 0 Å². The van der Waals surface area contributed by atoms with Gasteiger partial charge in [0.2, 0.25) is 0 Å². The van der Waals surface area contributed by atoms with Gasteiger partial charge in [0.1, 0.15) is 6.61 Å². The molecule has 0 aliphatic rings. The fourth-order valence-corrected chi connectivity index (χ4v) is 1.66. The minimum atomic E-state index is -0.389. The highest BCUT2D eigenvalue weighted by Crippen LogP contribution is 2.08. The van der Waals surface area contributed by atoms with Crippen molar-refractivity contribution < 1.29 is 23.8 Å². The van der Waals surface area contributed by atoms with E-state index >= 15 is 0 Å². The Hall–Kier alpha value is -1.10. The number of esters is 2. The molecule has 0 radical (unpaired) electrons. The van der Waals surface area contributed by atoms with E-state index < -0.39 is 0 Å². The van der Waals surface area contributed by atoms with Crippen LogP contribution in [0.1, 0.15) is 59.3 Å². The zero-order chi connectivity index (χ0) is 15.2. The Bertz CT molecular complexity index is 265. The molecule has 0 spiro atoms. The number of carbonyl (C=O) groups is 2. The van der Waals surface area contributed by atoms with Crippen molar-refractivity contribution in [1.29, 1.82) is 0 Å². The summed E-state index contributed by atoms with van der Waals surface area (Å²) < 4.78 is 15.2. The van der Waals surface area contributed by atoms with Crippen molar-refractivity contribution in [2.24, 2.45) is 0 Å². The lowest BCUT2D eigenvalue weighted by Crippen LogP contribution is -2.17. The van der Waals surface area contributed by atoms with Crippen LogP contribution in [-0.4, -0.2) is 37.9 Å². The fraction of sp³-hybridized carbons (Fsp3) is 0.867. The second-order valence-corrected chi connectivity index (χ2v) is 4.71. The van der Waals surface area contributed by atoms with Crippen LogP contribution < -0.4 is 0 Å². The van der Waals surface area contributed by atoms with Crippen molar-refractivity contribution in [3.63, 3.8) is 0 Å². The van der Waals surface area contributed by atoms with Gasteiger partial charge in [-0.15, -0.1) is 0 Å². The van der Waals surface area contributed by atoms with Crippen molar-refractivity contribution in [1.82, 2.24) is 0 Å². The van der Waals surface area contributed by atoms with E-state index in [1.807, 2.05) is 13.8 Å². The third kappa shape index (κ3) is 12.0. The van der Waals surface area contributed by atoms with Gasteiger partial charge in [-0.2, -0.15) is 0 Å². The first kappa shape index (κ1) is 18.9. The van der Waals surface area contributed by atoms with E-state index in [0.29, 0.717) is 13.2 Å². The maximum Gasteiger partial charge on any atom is 0.306 e. The van der Waals surface area contributed by atoms with Crippen molar-refractivity contribution in [3.8, 4) is 0 Å². The van der Waals surface area contributed by atoms with Crippen LogP contribution in [-0.2, 0) is 23.8 Å². The van der Waals surface area contributed by atoms with Crippen molar-refractivity contribution in [2.75, 3.05) is 19.8 Å². The summed E-state index contributed by atoms with van der Waals surface area (Å²) in [5, 5.41) is 0. The summed E-state index contributed by atoms with van der Waals surface area (Å²) in [4.78, 5) is 22.8. The molecule has 0 bridgehead atoms. The lowest BCUT2D eigenvalue weighted by atomic mass is 10.1. The van der Waals surface area contributed by atoms with Gasteiger partial charge in [0.05, 0.1) is 25.6 Å². The fourth-order valence-electron chi connectivity index (χ4n) is 1.66. The van der Waals surface area contributed by atoms with Gasteiger partial charge in [0.25, 0.3) is 0 Å². The Balaban J connectivity index is 3.58. The molecule has 0 aliphatic heterocycles. The molecule has 0 saturated heterocycles. The maximum absolute atomic E-state index is 11.5. The summed E-state index contributed by atoms with van der Waals surface area (Å²) in [5.74, 6) is -0.726. The van der Waals surface area contributed by atoms with E-state index in [0.717, 1.165) is 25.7 Å². The third-order valence-electron chi connectivity index (χ3n) is 2.77. The van der Waals surface area contributed by atoms with Crippen molar-refractivity contribution in [3.05, 3.63) is 0 Å². The van der Waals surface area contributed by atoms with Gasteiger partial charge in [-0.25, -0.2) is 0 Å². The normalized spacial score (nSPS) is 11.9. The van der Waals surface area contributed by atoms with Crippen molar-refractivity contribution >= 4 is 11.9 Å². The van der Waals surface area contributed by atoms with E-state index in [-0.39, 0.29) is 37.5 Å². The summed E-state index contributed by atoms with van der Waals surface area (Å²) in [6.07, 6.45) is 4.28. The molecule has 0 N–H and O–H groups in total. The zero-order valence-corrected chi connectivity index (χ0v) is 13.0. The van der Waals surface area contributed by atoms with Crippen LogP contribution >= 0.6 is 0 Å². The molecule has 5 heteroatoms. The molecule has 20 heavy (non-hydrogen) atoms. The van der Waals surface area contributed by atoms with E-state index in [4.69, 9.17) is 14.2 Å². The van der Waals surface area contributed by atoms with E-state index in [9.17, 15) is 9.59 Å². The van der Waals surface area contributed by atoms with Gasteiger partial charge in [0, 0.05) is 6.61 Å². The Morgan fingerprint density at radius 1 is 1.00 bits per heavy atom. The second kappa shape index (κ2) is 12.9. The van der Waals surface area contributed by atoms with Gasteiger partial charge in [-0.05, 0) is 26.7 Å². The smallest absolute Gasteiger partial charge is 0.306 e. The van der Waals surface area contributed by atoms with Crippen LogP contribution in [0.2, 0.25) is 0 Å². The predicted molar refractivity (Wildman–Crippen MR) is 76.4 cm³/mol. The second-order valence-electron chi connectivity index (χ2n) is 4.71. The van der Waals surface area contributed by atoms with E-state index in [1.54, 1.807) is 0 Å². The Morgan fingerprint density at radius 3 is 2.35 bits per heavy atom. The molecular weight excluding hydrogens is 260 g/mol. The first-order chi connectivity index (χ1) is 9.60. The number of rotatable bonds is 12. The quantitative estimate of drug-likeness (QED) is 0.408. The topological polar surface area (TPSA) is 61.8 Å². The average molecular weight is 288 g/mol. The van der Waals surface area contributed by atoms with Gasteiger partial charge in [0.15, 0.2) is 0 Å². The van der Waals surface area contributed by atoms with E-state index in [1.165, 1.54) is 0 Å². The highest BCUT2D eigenvalue weighted by atomic mass is 16.6. The molecule has 0 aromatic heterocycles. The van der Waals surface area contributed by atoms with Crippen LogP contribution in [0.3, 0.4) is 0 Å². The molecule has 118 valence electrons. The average Bonchev–Trinajstić information content (AvgIpc) is 2.41. The summed E-state index contributed by atoms with van der Waals surface area (Å²) in [6.45, 7) is 7.11. The molecule has 0 amide bonds. The Morgan fingerprint density at radius 2 is 1.70 bits per heavy atom. The molecule has 1 unspecified atom stereocenters. The van der Waals surface area contributed by atoms with Gasteiger partial charge in [-0.1, -0.05) is 19.8 Å². The van der Waals surface area contributed by atoms with Crippen LogP contribution in [0.25, 0.3) is 0 Å². The molecule has 1 atom stereocenters. The summed E-state index contributed by atoms with van der Waals surface area (Å²) in [5.41, 5.74) is 0. The predicted octanol–water partition coefficient (Wildman–Crippen LogP) is 2.86. The molecule has 0 aromatic rings. The Kier molecular flexibility index (Phi) is 12.2. The lowest BCUT2D eigenvalue weighted by molar-refractivity contribution is -0.153. The number of carbonyl (C=O) groups excluding carboxylic acids is 2. The standard InChI is InChI=1S/C15H28O5/c1-4-6-7-8-13(3)20-15(17)10-9-14(16)19-12-11-18-5-2/h13H,4-12H2,1-3H3. The van der Waals surface area contributed by atoms with Crippen LogP contribution in [0.15, 0.2) is 0 Å². The number of hydrogen-bond acceptors (Lipinski definition) is 5. The number of unbranched alkanes of at least 4 members (excludes halogenated alkanes) is 2. The third-order valence-corrected chi connectivity index (χ3v) is 2.77.